The van der Waals surface area contributed by atoms with Gasteiger partial charge in [0.15, 0.2) is 5.96 Å². The summed E-state index contributed by atoms with van der Waals surface area (Å²) in [6.07, 6.45) is 2.30. The molecule has 1 aromatic heterocycles. The van der Waals surface area contributed by atoms with Gasteiger partial charge in [0.1, 0.15) is 0 Å². The Bertz CT molecular complexity index is 633. The molecule has 2 aliphatic rings. The Morgan fingerprint density at radius 1 is 1.14 bits per heavy atom. The summed E-state index contributed by atoms with van der Waals surface area (Å²) in [5, 5.41) is 7.79. The minimum Gasteiger partial charge on any atom is -0.357 e. The maximum Gasteiger partial charge on any atom is 0.239 e. The summed E-state index contributed by atoms with van der Waals surface area (Å²) in [6, 6.07) is 2.17. The molecule has 2 aliphatic heterocycles. The highest BCUT2D eigenvalue weighted by Crippen LogP contribution is 2.19. The molecule has 7 heteroatoms. The van der Waals surface area contributed by atoms with Gasteiger partial charge in [0.05, 0.1) is 6.04 Å². The van der Waals surface area contributed by atoms with Crippen LogP contribution in [0.3, 0.4) is 0 Å². The summed E-state index contributed by atoms with van der Waals surface area (Å²) in [4.78, 5) is 24.3. The Kier molecular flexibility index (Phi) is 7.73. The Hall–Kier alpha value is -1.60. The minimum atomic E-state index is -0.0154. The number of nitrogens with zero attached hydrogens (tertiary/aromatic N) is 4. The first-order valence-electron chi connectivity index (χ1n) is 10.7. The van der Waals surface area contributed by atoms with Gasteiger partial charge in [-0.3, -0.25) is 14.7 Å². The van der Waals surface area contributed by atoms with Gasteiger partial charge in [-0.15, -0.1) is 0 Å². The number of aliphatic imine (C=N–C) groups is 1. The van der Waals surface area contributed by atoms with Crippen molar-refractivity contribution >= 4 is 23.2 Å². The fourth-order valence-corrected chi connectivity index (χ4v) is 4.77. The lowest BCUT2D eigenvalue weighted by Gasteiger charge is -2.39. The van der Waals surface area contributed by atoms with E-state index in [9.17, 15) is 4.79 Å². The molecule has 0 radical (unpaired) electrons. The molecule has 3 rings (SSSR count). The second kappa shape index (κ2) is 10.3. The minimum absolute atomic E-state index is 0.0154. The van der Waals surface area contributed by atoms with E-state index in [1.54, 1.807) is 11.3 Å². The average Bonchev–Trinajstić information content (AvgIpc) is 3.44. The van der Waals surface area contributed by atoms with Crippen LogP contribution >= 0.6 is 11.3 Å². The molecule has 6 nitrogen and oxygen atoms in total. The van der Waals surface area contributed by atoms with Gasteiger partial charge >= 0.3 is 0 Å². The molecular formula is C21H35N5OS. The molecule has 2 unspecified atom stereocenters. The van der Waals surface area contributed by atoms with Crippen molar-refractivity contribution < 1.29 is 4.79 Å². The molecule has 156 valence electrons. The van der Waals surface area contributed by atoms with E-state index in [0.29, 0.717) is 11.8 Å². The Balaban J connectivity index is 1.53. The number of amides is 1. The van der Waals surface area contributed by atoms with Crippen LogP contribution in [0.5, 0.6) is 0 Å². The van der Waals surface area contributed by atoms with Gasteiger partial charge in [-0.25, -0.2) is 0 Å². The number of piperazine rings is 1. The number of hydrogen-bond acceptors (Lipinski definition) is 4. The second-order valence-corrected chi connectivity index (χ2v) is 8.66. The van der Waals surface area contributed by atoms with Crippen molar-refractivity contribution in [1.82, 2.24) is 20.0 Å². The number of rotatable bonds is 6. The summed E-state index contributed by atoms with van der Waals surface area (Å²) in [5.74, 6) is 1.73. The number of likely N-dealkylation sites (tertiary alicyclic amines) is 1. The predicted molar refractivity (Wildman–Crippen MR) is 117 cm³/mol. The Morgan fingerprint density at radius 3 is 2.46 bits per heavy atom. The van der Waals surface area contributed by atoms with Gasteiger partial charge in [0, 0.05) is 58.3 Å². The van der Waals surface area contributed by atoms with E-state index in [1.165, 1.54) is 5.56 Å². The number of thiophene rings is 1. The molecule has 2 saturated heterocycles. The first-order valence-corrected chi connectivity index (χ1v) is 11.6. The third-order valence-corrected chi connectivity index (χ3v) is 6.60. The highest BCUT2D eigenvalue weighted by atomic mass is 32.1. The zero-order valence-corrected chi connectivity index (χ0v) is 18.4. The van der Waals surface area contributed by atoms with Gasteiger partial charge in [0.2, 0.25) is 5.91 Å². The fourth-order valence-electron chi connectivity index (χ4n) is 3.99. The normalized spacial score (nSPS) is 21.0. The van der Waals surface area contributed by atoms with Crippen LogP contribution in [0.25, 0.3) is 0 Å². The zero-order valence-electron chi connectivity index (χ0n) is 17.6. The summed E-state index contributed by atoms with van der Waals surface area (Å²) >= 11 is 1.74. The smallest absolute Gasteiger partial charge is 0.239 e. The van der Waals surface area contributed by atoms with E-state index >= 15 is 0 Å². The lowest BCUT2D eigenvalue weighted by Crippen LogP contribution is -2.57. The number of nitrogens with one attached hydrogen (secondary N) is 1. The molecule has 0 aromatic carbocycles. The number of carbonyl (C=O) groups excluding carboxylic acids is 1. The van der Waals surface area contributed by atoms with E-state index in [-0.39, 0.29) is 6.04 Å². The van der Waals surface area contributed by atoms with Crippen molar-refractivity contribution in [2.75, 3.05) is 52.4 Å². The van der Waals surface area contributed by atoms with E-state index in [4.69, 9.17) is 4.99 Å². The maximum absolute atomic E-state index is 12.7. The lowest BCUT2D eigenvalue weighted by molar-refractivity contribution is -0.135. The molecule has 0 bridgehead atoms. The molecule has 2 fully saturated rings. The third kappa shape index (κ3) is 5.26. The van der Waals surface area contributed by atoms with E-state index in [1.807, 2.05) is 4.90 Å². The Labute approximate surface area is 173 Å². The van der Waals surface area contributed by atoms with Crippen LogP contribution in [0, 0.1) is 0 Å². The van der Waals surface area contributed by atoms with Crippen LogP contribution < -0.4 is 5.32 Å². The first kappa shape index (κ1) is 21.1. The molecule has 0 aliphatic carbocycles. The molecular weight excluding hydrogens is 370 g/mol. The monoisotopic (exact) mass is 405 g/mol. The molecule has 28 heavy (non-hydrogen) atoms. The molecule has 0 spiro atoms. The van der Waals surface area contributed by atoms with Gasteiger partial charge in [-0.05, 0) is 49.1 Å². The summed E-state index contributed by atoms with van der Waals surface area (Å²) in [6.45, 7) is 13.6. The average molecular weight is 406 g/mol. The highest BCUT2D eigenvalue weighted by molar-refractivity contribution is 7.07. The van der Waals surface area contributed by atoms with E-state index < -0.39 is 0 Å². The quantitative estimate of drug-likeness (QED) is 0.583. The van der Waals surface area contributed by atoms with Gasteiger partial charge in [0.25, 0.3) is 0 Å². The summed E-state index contributed by atoms with van der Waals surface area (Å²) in [7, 11) is 0. The van der Waals surface area contributed by atoms with Crippen molar-refractivity contribution in [3.8, 4) is 0 Å². The second-order valence-electron chi connectivity index (χ2n) is 7.88. The number of hydrogen-bond donors (Lipinski definition) is 1. The van der Waals surface area contributed by atoms with Crippen LogP contribution in [0.1, 0.15) is 45.1 Å². The zero-order chi connectivity index (χ0) is 19.9. The van der Waals surface area contributed by atoms with Crippen LogP contribution in [-0.2, 0) is 4.79 Å². The topological polar surface area (TPSA) is 51.2 Å². The number of guanidine groups is 1. The Morgan fingerprint density at radius 2 is 1.86 bits per heavy atom. The molecule has 1 N–H and O–H groups in total. The van der Waals surface area contributed by atoms with Crippen LogP contribution in [-0.4, -0.2) is 85.0 Å². The van der Waals surface area contributed by atoms with Gasteiger partial charge < -0.3 is 15.1 Å². The van der Waals surface area contributed by atoms with Gasteiger partial charge in [-0.2, -0.15) is 11.3 Å². The summed E-state index contributed by atoms with van der Waals surface area (Å²) < 4.78 is 0. The van der Waals surface area contributed by atoms with Crippen molar-refractivity contribution in [3.05, 3.63) is 22.4 Å². The van der Waals surface area contributed by atoms with Crippen LogP contribution in [0.15, 0.2) is 21.8 Å². The summed E-state index contributed by atoms with van der Waals surface area (Å²) in [5.41, 5.74) is 1.36. The van der Waals surface area contributed by atoms with Crippen molar-refractivity contribution in [2.45, 2.75) is 45.6 Å². The van der Waals surface area contributed by atoms with Crippen molar-refractivity contribution in [3.63, 3.8) is 0 Å². The SMILES string of the molecule is CCNC(=NCC(C)c1ccsc1)N1CCN(C(C)C(=O)N2CCCC2)CC1. The van der Waals surface area contributed by atoms with Crippen molar-refractivity contribution in [2.24, 2.45) is 4.99 Å². The first-order chi connectivity index (χ1) is 13.6. The molecule has 1 aromatic rings. The van der Waals surface area contributed by atoms with Gasteiger partial charge in [-0.1, -0.05) is 6.92 Å². The predicted octanol–water partition coefficient (Wildman–Crippen LogP) is 2.45. The highest BCUT2D eigenvalue weighted by Gasteiger charge is 2.30. The van der Waals surface area contributed by atoms with E-state index in [2.05, 4.69) is 52.7 Å². The molecule has 1 amide bonds. The third-order valence-electron chi connectivity index (χ3n) is 5.90. The van der Waals surface area contributed by atoms with Crippen LogP contribution in [0.4, 0.5) is 0 Å². The standard InChI is InChI=1S/C21H35N5OS/c1-4-22-21(23-15-17(2)19-7-14-28-16-19)26-12-10-24(11-13-26)18(3)20(27)25-8-5-6-9-25/h7,14,16-18H,4-6,8-13,15H2,1-3H3,(H,22,23). The van der Waals surface area contributed by atoms with Crippen molar-refractivity contribution in [1.29, 1.82) is 0 Å². The number of carbonyl (C=O) groups is 1. The molecule has 2 atom stereocenters. The fraction of sp³-hybridized carbons (Fsp3) is 0.714. The lowest BCUT2D eigenvalue weighted by atomic mass is 10.1. The molecule has 0 saturated carbocycles. The molecule has 3 heterocycles. The maximum atomic E-state index is 12.7. The largest absolute Gasteiger partial charge is 0.357 e. The van der Waals surface area contributed by atoms with E-state index in [0.717, 1.165) is 71.2 Å². The van der Waals surface area contributed by atoms with Crippen LogP contribution in [0.2, 0.25) is 0 Å².